The monoisotopic (exact) mass is 382 g/mol. The molecule has 0 aliphatic carbocycles. The predicted octanol–water partition coefficient (Wildman–Crippen LogP) is 3.37. The summed E-state index contributed by atoms with van der Waals surface area (Å²) in [5.74, 6) is 0.811. The molecular weight excluding hydrogens is 356 g/mol. The molecular formula is C22H26N2O4. The quantitative estimate of drug-likeness (QED) is 0.569. The van der Waals surface area contributed by atoms with Crippen LogP contribution in [0.1, 0.15) is 36.5 Å². The van der Waals surface area contributed by atoms with Crippen molar-refractivity contribution in [3.8, 4) is 11.5 Å². The molecule has 0 unspecified atom stereocenters. The van der Waals surface area contributed by atoms with Gasteiger partial charge < -0.3 is 9.47 Å². The van der Waals surface area contributed by atoms with Crippen LogP contribution in [0.25, 0.3) is 6.08 Å². The number of hydrogen-bond donors (Lipinski definition) is 2. The minimum Gasteiger partial charge on any atom is -0.497 e. The minimum absolute atomic E-state index is 0.189. The van der Waals surface area contributed by atoms with Gasteiger partial charge in [-0.1, -0.05) is 38.1 Å². The predicted molar refractivity (Wildman–Crippen MR) is 109 cm³/mol. The van der Waals surface area contributed by atoms with Crippen molar-refractivity contribution in [1.82, 2.24) is 10.9 Å². The summed E-state index contributed by atoms with van der Waals surface area (Å²) in [7, 11) is 1.59. The van der Waals surface area contributed by atoms with Crippen molar-refractivity contribution in [2.75, 3.05) is 13.7 Å². The molecule has 0 aromatic heterocycles. The molecule has 0 saturated carbocycles. The van der Waals surface area contributed by atoms with Gasteiger partial charge in [0.15, 0.2) is 6.61 Å². The first kappa shape index (κ1) is 21.0. The van der Waals surface area contributed by atoms with E-state index in [4.69, 9.17) is 9.47 Å². The normalized spacial score (nSPS) is 10.8. The zero-order valence-corrected chi connectivity index (χ0v) is 16.6. The van der Waals surface area contributed by atoms with E-state index in [0.29, 0.717) is 5.75 Å². The molecule has 148 valence electrons. The average Bonchev–Trinajstić information content (AvgIpc) is 2.69. The molecule has 0 aliphatic rings. The average molecular weight is 382 g/mol. The Balaban J connectivity index is 1.81. The standard InChI is InChI=1S/C22H26N2O4/c1-15(2)19-11-5-16(3)13-20(19)28-14-22(26)24-23-21(25)12-8-17-6-9-18(27-4)10-7-17/h5-13,15H,14H2,1-4H3,(H,23,25)(H,24,26)/b12-8+. The zero-order valence-electron chi connectivity index (χ0n) is 16.6. The number of nitrogens with one attached hydrogen (secondary N) is 2. The van der Waals surface area contributed by atoms with Crippen molar-refractivity contribution in [3.05, 3.63) is 65.2 Å². The van der Waals surface area contributed by atoms with Gasteiger partial charge in [0.25, 0.3) is 11.8 Å². The molecule has 0 heterocycles. The van der Waals surface area contributed by atoms with Crippen LogP contribution in [0.2, 0.25) is 0 Å². The molecule has 6 nitrogen and oxygen atoms in total. The number of rotatable bonds is 7. The Kier molecular flexibility index (Phi) is 7.63. The smallest absolute Gasteiger partial charge is 0.276 e. The van der Waals surface area contributed by atoms with Crippen molar-refractivity contribution in [2.24, 2.45) is 0 Å². The summed E-state index contributed by atoms with van der Waals surface area (Å²) in [6.45, 7) is 5.90. The van der Waals surface area contributed by atoms with Crippen molar-refractivity contribution in [2.45, 2.75) is 26.7 Å². The fraction of sp³-hybridized carbons (Fsp3) is 0.273. The van der Waals surface area contributed by atoms with Crippen molar-refractivity contribution in [3.63, 3.8) is 0 Å². The molecule has 0 fully saturated rings. The fourth-order valence-corrected chi connectivity index (χ4v) is 2.48. The molecule has 0 spiro atoms. The molecule has 2 aromatic carbocycles. The van der Waals surface area contributed by atoms with Crippen molar-refractivity contribution in [1.29, 1.82) is 0 Å². The van der Waals surface area contributed by atoms with Crippen LogP contribution < -0.4 is 20.3 Å². The Bertz CT molecular complexity index is 842. The maximum atomic E-state index is 11.9. The SMILES string of the molecule is COc1ccc(/C=C/C(=O)NNC(=O)COc2cc(C)ccc2C(C)C)cc1. The summed E-state index contributed by atoms with van der Waals surface area (Å²) in [5.41, 5.74) is 7.59. The lowest BCUT2D eigenvalue weighted by atomic mass is 10.0. The lowest BCUT2D eigenvalue weighted by Gasteiger charge is -2.14. The van der Waals surface area contributed by atoms with Crippen LogP contribution in [-0.2, 0) is 9.59 Å². The number of hydrogen-bond acceptors (Lipinski definition) is 4. The first-order valence-electron chi connectivity index (χ1n) is 9.03. The molecule has 0 atom stereocenters. The summed E-state index contributed by atoms with van der Waals surface area (Å²) in [4.78, 5) is 23.8. The van der Waals surface area contributed by atoms with Gasteiger partial charge in [0.1, 0.15) is 11.5 Å². The number of aryl methyl sites for hydroxylation is 1. The fourth-order valence-electron chi connectivity index (χ4n) is 2.48. The maximum absolute atomic E-state index is 11.9. The van der Waals surface area contributed by atoms with Crippen LogP contribution in [0.3, 0.4) is 0 Å². The van der Waals surface area contributed by atoms with Crippen LogP contribution in [0, 0.1) is 6.92 Å². The zero-order chi connectivity index (χ0) is 20.5. The molecule has 2 aromatic rings. The highest BCUT2D eigenvalue weighted by molar-refractivity contribution is 5.93. The van der Waals surface area contributed by atoms with E-state index in [0.717, 1.165) is 22.4 Å². The van der Waals surface area contributed by atoms with Gasteiger partial charge in [-0.05, 0) is 53.8 Å². The van der Waals surface area contributed by atoms with E-state index >= 15 is 0 Å². The molecule has 0 radical (unpaired) electrons. The Morgan fingerprint density at radius 3 is 2.43 bits per heavy atom. The van der Waals surface area contributed by atoms with Gasteiger partial charge in [0.2, 0.25) is 0 Å². The highest BCUT2D eigenvalue weighted by atomic mass is 16.5. The van der Waals surface area contributed by atoms with Crippen molar-refractivity contribution >= 4 is 17.9 Å². The molecule has 0 aliphatic heterocycles. The molecule has 28 heavy (non-hydrogen) atoms. The van der Waals surface area contributed by atoms with Gasteiger partial charge in [0, 0.05) is 6.08 Å². The molecule has 0 bridgehead atoms. The van der Waals surface area contributed by atoms with E-state index in [1.807, 2.05) is 37.3 Å². The van der Waals surface area contributed by atoms with E-state index in [2.05, 4.69) is 24.7 Å². The van der Waals surface area contributed by atoms with E-state index < -0.39 is 11.8 Å². The van der Waals surface area contributed by atoms with Gasteiger partial charge in [-0.15, -0.1) is 0 Å². The second-order valence-electron chi connectivity index (χ2n) is 6.63. The summed E-state index contributed by atoms with van der Waals surface area (Å²) >= 11 is 0. The summed E-state index contributed by atoms with van der Waals surface area (Å²) in [6, 6.07) is 13.2. The lowest BCUT2D eigenvalue weighted by Crippen LogP contribution is -2.43. The number of amides is 2. The number of carbonyl (C=O) groups excluding carboxylic acids is 2. The van der Waals surface area contributed by atoms with E-state index in [1.165, 1.54) is 6.08 Å². The Labute approximate surface area is 165 Å². The third-order valence-corrected chi connectivity index (χ3v) is 4.02. The van der Waals surface area contributed by atoms with Crippen LogP contribution in [0.4, 0.5) is 0 Å². The number of ether oxygens (including phenoxy) is 2. The Hall–Kier alpha value is -3.28. The number of hydrazine groups is 1. The first-order valence-corrected chi connectivity index (χ1v) is 9.03. The number of methoxy groups -OCH3 is 1. The summed E-state index contributed by atoms with van der Waals surface area (Å²) < 4.78 is 10.7. The van der Waals surface area contributed by atoms with Gasteiger partial charge in [-0.25, -0.2) is 0 Å². The molecule has 2 amide bonds. The van der Waals surface area contributed by atoms with E-state index in [9.17, 15) is 9.59 Å². The molecule has 2 N–H and O–H groups in total. The summed E-state index contributed by atoms with van der Waals surface area (Å²) in [5, 5.41) is 0. The highest BCUT2D eigenvalue weighted by Crippen LogP contribution is 2.27. The lowest BCUT2D eigenvalue weighted by molar-refractivity contribution is -0.128. The molecule has 6 heteroatoms. The van der Waals surface area contributed by atoms with Gasteiger partial charge in [0.05, 0.1) is 7.11 Å². The minimum atomic E-state index is -0.442. The topological polar surface area (TPSA) is 76.7 Å². The van der Waals surface area contributed by atoms with Gasteiger partial charge in [-0.3, -0.25) is 20.4 Å². The van der Waals surface area contributed by atoms with Gasteiger partial charge in [-0.2, -0.15) is 0 Å². The Morgan fingerprint density at radius 1 is 1.07 bits per heavy atom. The van der Waals surface area contributed by atoms with Crippen LogP contribution in [-0.4, -0.2) is 25.5 Å². The third-order valence-electron chi connectivity index (χ3n) is 4.02. The largest absolute Gasteiger partial charge is 0.497 e. The highest BCUT2D eigenvalue weighted by Gasteiger charge is 2.10. The maximum Gasteiger partial charge on any atom is 0.276 e. The first-order chi connectivity index (χ1) is 13.4. The Morgan fingerprint density at radius 2 is 1.79 bits per heavy atom. The van der Waals surface area contributed by atoms with Crippen LogP contribution in [0.15, 0.2) is 48.5 Å². The van der Waals surface area contributed by atoms with Crippen LogP contribution >= 0.6 is 0 Å². The number of carbonyl (C=O) groups is 2. The summed E-state index contributed by atoms with van der Waals surface area (Å²) in [6.07, 6.45) is 2.97. The van der Waals surface area contributed by atoms with Gasteiger partial charge >= 0.3 is 0 Å². The van der Waals surface area contributed by atoms with E-state index in [-0.39, 0.29) is 12.5 Å². The molecule has 2 rings (SSSR count). The molecule has 0 saturated heterocycles. The van der Waals surface area contributed by atoms with Crippen molar-refractivity contribution < 1.29 is 19.1 Å². The second kappa shape index (κ2) is 10.2. The third kappa shape index (κ3) is 6.46. The van der Waals surface area contributed by atoms with Crippen LogP contribution in [0.5, 0.6) is 11.5 Å². The second-order valence-corrected chi connectivity index (χ2v) is 6.63. The number of benzene rings is 2. The van der Waals surface area contributed by atoms with E-state index in [1.54, 1.807) is 25.3 Å².